The fraction of sp³-hybridized carbons (Fsp3) is 0.111. The third kappa shape index (κ3) is 2.47. The second kappa shape index (κ2) is 4.11. The van der Waals surface area contributed by atoms with Gasteiger partial charge in [-0.1, -0.05) is 17.7 Å². The fourth-order valence-electron chi connectivity index (χ4n) is 0.987. The Kier molecular flexibility index (Phi) is 3.09. The van der Waals surface area contributed by atoms with Crippen molar-refractivity contribution < 1.29 is 19.8 Å². The van der Waals surface area contributed by atoms with E-state index in [-0.39, 0.29) is 17.0 Å². The molecular weight excluding hydrogens is 208 g/mol. The lowest BCUT2D eigenvalue weighted by Gasteiger charge is -2.01. The summed E-state index contributed by atoms with van der Waals surface area (Å²) in [4.78, 5) is 20.9. The van der Waals surface area contributed by atoms with Gasteiger partial charge in [0.1, 0.15) is 0 Å². The summed E-state index contributed by atoms with van der Waals surface area (Å²) in [5, 5.41) is 17.3. The molecule has 14 heavy (non-hydrogen) atoms. The van der Waals surface area contributed by atoms with Gasteiger partial charge in [-0.25, -0.2) is 4.79 Å². The van der Waals surface area contributed by atoms with Gasteiger partial charge in [-0.15, -0.1) is 0 Å². The standard InChI is InChI=1S/C9H7ClO4/c10-7-3-6(9(13)14)2-1-5(7)4-8(11)12/h1-3H,4H2,(H,11,12)(H,13,14). The number of aromatic carboxylic acids is 1. The van der Waals surface area contributed by atoms with Crippen LogP contribution in [0.2, 0.25) is 5.02 Å². The number of hydrogen-bond donors (Lipinski definition) is 2. The van der Waals surface area contributed by atoms with Crippen molar-refractivity contribution in [2.24, 2.45) is 0 Å². The monoisotopic (exact) mass is 214 g/mol. The molecule has 0 spiro atoms. The van der Waals surface area contributed by atoms with Crippen LogP contribution in [-0.2, 0) is 11.2 Å². The summed E-state index contributed by atoms with van der Waals surface area (Å²) < 4.78 is 0. The first-order valence-electron chi connectivity index (χ1n) is 3.74. The maximum Gasteiger partial charge on any atom is 0.335 e. The van der Waals surface area contributed by atoms with Gasteiger partial charge in [-0.3, -0.25) is 4.79 Å². The second-order valence-electron chi connectivity index (χ2n) is 2.68. The van der Waals surface area contributed by atoms with Gasteiger partial charge in [0, 0.05) is 5.02 Å². The lowest BCUT2D eigenvalue weighted by molar-refractivity contribution is -0.136. The Morgan fingerprint density at radius 2 is 1.93 bits per heavy atom. The number of carbonyl (C=O) groups is 2. The SMILES string of the molecule is O=C(O)Cc1ccc(C(=O)O)cc1Cl. The molecule has 0 unspecified atom stereocenters. The molecule has 1 aromatic rings. The van der Waals surface area contributed by atoms with Crippen LogP contribution in [0.5, 0.6) is 0 Å². The Labute approximate surface area is 84.7 Å². The molecule has 0 saturated heterocycles. The Hall–Kier alpha value is -1.55. The molecule has 0 saturated carbocycles. The third-order valence-electron chi connectivity index (χ3n) is 1.64. The summed E-state index contributed by atoms with van der Waals surface area (Å²) in [5.41, 5.74) is 0.452. The van der Waals surface area contributed by atoms with Crippen LogP contribution in [0.1, 0.15) is 15.9 Å². The molecule has 0 aliphatic heterocycles. The first-order chi connectivity index (χ1) is 6.50. The van der Waals surface area contributed by atoms with E-state index in [2.05, 4.69) is 0 Å². The molecule has 74 valence electrons. The number of aliphatic carboxylic acids is 1. The summed E-state index contributed by atoms with van der Waals surface area (Å²) >= 11 is 5.69. The van der Waals surface area contributed by atoms with Crippen LogP contribution in [0.4, 0.5) is 0 Å². The molecule has 0 bridgehead atoms. The van der Waals surface area contributed by atoms with Crippen LogP contribution in [0.25, 0.3) is 0 Å². The average molecular weight is 215 g/mol. The Morgan fingerprint density at radius 3 is 2.36 bits per heavy atom. The normalized spacial score (nSPS) is 9.79. The largest absolute Gasteiger partial charge is 0.481 e. The number of carboxylic acids is 2. The van der Waals surface area contributed by atoms with Crippen molar-refractivity contribution >= 4 is 23.5 Å². The van der Waals surface area contributed by atoms with Crippen molar-refractivity contribution in [3.05, 3.63) is 34.3 Å². The highest BCUT2D eigenvalue weighted by Gasteiger charge is 2.09. The molecule has 0 aromatic heterocycles. The van der Waals surface area contributed by atoms with Crippen LogP contribution in [0.15, 0.2) is 18.2 Å². The summed E-state index contributed by atoms with van der Waals surface area (Å²) in [6.07, 6.45) is -0.210. The molecular formula is C9H7ClO4. The van der Waals surface area contributed by atoms with E-state index < -0.39 is 11.9 Å². The Morgan fingerprint density at radius 1 is 1.29 bits per heavy atom. The number of rotatable bonds is 3. The maximum atomic E-state index is 10.5. The van der Waals surface area contributed by atoms with Gasteiger partial charge in [-0.2, -0.15) is 0 Å². The molecule has 1 aromatic carbocycles. The highest BCUT2D eigenvalue weighted by molar-refractivity contribution is 6.31. The van der Waals surface area contributed by atoms with Gasteiger partial charge < -0.3 is 10.2 Å². The quantitative estimate of drug-likeness (QED) is 0.803. The van der Waals surface area contributed by atoms with Gasteiger partial charge in [0.25, 0.3) is 0 Å². The van der Waals surface area contributed by atoms with E-state index in [1.807, 2.05) is 0 Å². The average Bonchev–Trinajstić information content (AvgIpc) is 2.07. The molecule has 1 rings (SSSR count). The zero-order valence-corrected chi connectivity index (χ0v) is 7.78. The van der Waals surface area contributed by atoms with Crippen molar-refractivity contribution in [2.45, 2.75) is 6.42 Å². The molecule has 4 nitrogen and oxygen atoms in total. The van der Waals surface area contributed by atoms with Gasteiger partial charge in [0.05, 0.1) is 12.0 Å². The molecule has 5 heteroatoms. The van der Waals surface area contributed by atoms with Crippen molar-refractivity contribution in [1.82, 2.24) is 0 Å². The highest BCUT2D eigenvalue weighted by Crippen LogP contribution is 2.18. The minimum absolute atomic E-state index is 0.0455. The molecule has 0 amide bonds. The highest BCUT2D eigenvalue weighted by atomic mass is 35.5. The minimum atomic E-state index is -1.09. The van der Waals surface area contributed by atoms with E-state index in [9.17, 15) is 9.59 Å². The van der Waals surface area contributed by atoms with Crippen LogP contribution in [-0.4, -0.2) is 22.2 Å². The summed E-state index contributed by atoms with van der Waals surface area (Å²) in [7, 11) is 0. The number of benzene rings is 1. The predicted molar refractivity (Wildman–Crippen MR) is 49.8 cm³/mol. The van der Waals surface area contributed by atoms with Gasteiger partial charge in [0.2, 0.25) is 0 Å². The topological polar surface area (TPSA) is 74.6 Å². The molecule has 0 radical (unpaired) electrons. The van der Waals surface area contributed by atoms with Crippen LogP contribution >= 0.6 is 11.6 Å². The zero-order chi connectivity index (χ0) is 10.7. The minimum Gasteiger partial charge on any atom is -0.481 e. The number of hydrogen-bond acceptors (Lipinski definition) is 2. The zero-order valence-electron chi connectivity index (χ0n) is 7.03. The van der Waals surface area contributed by atoms with E-state index in [0.29, 0.717) is 5.56 Å². The van der Waals surface area contributed by atoms with E-state index in [1.54, 1.807) is 0 Å². The molecule has 2 N–H and O–H groups in total. The van der Waals surface area contributed by atoms with Crippen molar-refractivity contribution in [3.63, 3.8) is 0 Å². The molecule has 0 fully saturated rings. The van der Waals surface area contributed by atoms with E-state index in [0.717, 1.165) is 0 Å². The van der Waals surface area contributed by atoms with E-state index in [1.165, 1.54) is 18.2 Å². The van der Waals surface area contributed by atoms with Crippen molar-refractivity contribution in [2.75, 3.05) is 0 Å². The van der Waals surface area contributed by atoms with Crippen LogP contribution in [0.3, 0.4) is 0 Å². The van der Waals surface area contributed by atoms with Crippen molar-refractivity contribution in [1.29, 1.82) is 0 Å². The van der Waals surface area contributed by atoms with Gasteiger partial charge in [-0.05, 0) is 17.7 Å². The summed E-state index contributed by atoms with van der Waals surface area (Å²) in [6.45, 7) is 0. The number of halogens is 1. The maximum absolute atomic E-state index is 10.5. The first kappa shape index (κ1) is 10.5. The van der Waals surface area contributed by atoms with Crippen molar-refractivity contribution in [3.8, 4) is 0 Å². The fourth-order valence-corrected chi connectivity index (χ4v) is 1.23. The first-order valence-corrected chi connectivity index (χ1v) is 4.12. The lowest BCUT2D eigenvalue weighted by atomic mass is 10.1. The van der Waals surface area contributed by atoms with E-state index in [4.69, 9.17) is 21.8 Å². The summed E-state index contributed by atoms with van der Waals surface area (Å²) in [5.74, 6) is -2.09. The Bertz CT molecular complexity index is 386. The van der Waals surface area contributed by atoms with Gasteiger partial charge in [0.15, 0.2) is 0 Å². The molecule has 0 aliphatic carbocycles. The van der Waals surface area contributed by atoms with Crippen LogP contribution in [0, 0.1) is 0 Å². The third-order valence-corrected chi connectivity index (χ3v) is 1.99. The van der Waals surface area contributed by atoms with Gasteiger partial charge >= 0.3 is 11.9 Å². The number of carboxylic acid groups (broad SMARTS) is 2. The molecule has 0 heterocycles. The van der Waals surface area contributed by atoms with Crippen LogP contribution < -0.4 is 0 Å². The predicted octanol–water partition coefficient (Wildman–Crippen LogP) is 1.67. The smallest absolute Gasteiger partial charge is 0.335 e. The Balaban J connectivity index is 3.01. The molecule has 0 aliphatic rings. The van der Waals surface area contributed by atoms with E-state index >= 15 is 0 Å². The lowest BCUT2D eigenvalue weighted by Crippen LogP contribution is -2.02. The summed E-state index contributed by atoms with van der Waals surface area (Å²) in [6, 6.07) is 3.97. The second-order valence-corrected chi connectivity index (χ2v) is 3.09. The molecule has 0 atom stereocenters.